The van der Waals surface area contributed by atoms with Gasteiger partial charge < -0.3 is 0 Å². The minimum atomic E-state index is 0.445. The molecule has 2 aromatic carbocycles. The number of aromatic nitrogens is 1. The van der Waals surface area contributed by atoms with E-state index in [0.29, 0.717) is 5.92 Å². The van der Waals surface area contributed by atoms with E-state index in [1.54, 1.807) is 0 Å². The van der Waals surface area contributed by atoms with Crippen LogP contribution in [-0.4, -0.2) is 0 Å². The van der Waals surface area contributed by atoms with Crippen LogP contribution >= 0.6 is 0 Å². The van der Waals surface area contributed by atoms with Crippen LogP contribution in [0.4, 0.5) is 0 Å². The highest BCUT2D eigenvalue weighted by Crippen LogP contribution is 2.49. The van der Waals surface area contributed by atoms with Crippen molar-refractivity contribution in [3.05, 3.63) is 101 Å². The molecule has 1 aromatic heterocycles. The second-order valence-corrected chi connectivity index (χ2v) is 6.58. The first-order chi connectivity index (χ1) is 11.7. The predicted octanol–water partition coefficient (Wildman–Crippen LogP) is 4.90. The van der Waals surface area contributed by atoms with Crippen LogP contribution < -0.4 is 4.57 Å². The SMILES string of the molecule is Cc1ccc2c([n+]1C)[C@@H](C)C2=C(c1ccccc1)c1ccccc1. The minimum absolute atomic E-state index is 0.445. The Hall–Kier alpha value is -2.67. The van der Waals surface area contributed by atoms with Gasteiger partial charge in [-0.2, -0.15) is 0 Å². The fourth-order valence-corrected chi connectivity index (χ4v) is 3.85. The van der Waals surface area contributed by atoms with Gasteiger partial charge in [0, 0.05) is 18.6 Å². The number of hydrogen-bond acceptors (Lipinski definition) is 0. The summed E-state index contributed by atoms with van der Waals surface area (Å²) in [5.74, 6) is 0.445. The highest BCUT2D eigenvalue weighted by molar-refractivity contribution is 6.04. The molecule has 118 valence electrons. The number of fused-ring (bicyclic) bond motifs is 1. The lowest BCUT2D eigenvalue weighted by molar-refractivity contribution is -0.687. The maximum absolute atomic E-state index is 2.33. The Labute approximate surface area is 143 Å². The largest absolute Gasteiger partial charge is 0.202 e. The van der Waals surface area contributed by atoms with E-state index in [-0.39, 0.29) is 0 Å². The summed E-state index contributed by atoms with van der Waals surface area (Å²) in [6.45, 7) is 4.49. The molecule has 3 aromatic rings. The van der Waals surface area contributed by atoms with E-state index in [0.717, 1.165) is 0 Å². The Morgan fingerprint density at radius 2 is 1.33 bits per heavy atom. The lowest BCUT2D eigenvalue weighted by Crippen LogP contribution is -2.43. The lowest BCUT2D eigenvalue weighted by atomic mass is 9.72. The third-order valence-corrected chi connectivity index (χ3v) is 5.19. The number of benzene rings is 2. The zero-order chi connectivity index (χ0) is 16.7. The molecular formula is C23H22N+. The molecule has 4 rings (SSSR count). The molecule has 0 saturated heterocycles. The molecule has 24 heavy (non-hydrogen) atoms. The quantitative estimate of drug-likeness (QED) is 0.593. The smallest absolute Gasteiger partial charge is 0.196 e. The molecule has 1 aliphatic carbocycles. The Balaban J connectivity index is 2.01. The van der Waals surface area contributed by atoms with Gasteiger partial charge >= 0.3 is 0 Å². The molecule has 1 nitrogen and oxygen atoms in total. The third-order valence-electron chi connectivity index (χ3n) is 5.19. The average Bonchev–Trinajstić information content (AvgIpc) is 2.63. The van der Waals surface area contributed by atoms with E-state index in [1.165, 1.54) is 39.2 Å². The summed E-state index contributed by atoms with van der Waals surface area (Å²) in [5.41, 5.74) is 9.53. The van der Waals surface area contributed by atoms with E-state index >= 15 is 0 Å². The number of pyridine rings is 1. The molecule has 1 heteroatoms. The van der Waals surface area contributed by atoms with Crippen molar-refractivity contribution in [1.29, 1.82) is 0 Å². The number of allylic oxidation sites excluding steroid dienone is 1. The van der Waals surface area contributed by atoms with Crippen molar-refractivity contribution in [2.24, 2.45) is 7.05 Å². The van der Waals surface area contributed by atoms with Crippen LogP contribution in [0.1, 0.15) is 40.9 Å². The second-order valence-electron chi connectivity index (χ2n) is 6.58. The predicted molar refractivity (Wildman–Crippen MR) is 99.6 cm³/mol. The summed E-state index contributed by atoms with van der Waals surface area (Å²) in [6, 6.07) is 26.0. The average molecular weight is 312 g/mol. The van der Waals surface area contributed by atoms with E-state index < -0.39 is 0 Å². The zero-order valence-electron chi connectivity index (χ0n) is 14.5. The number of nitrogens with zero attached hydrogens (tertiary/aromatic N) is 1. The first-order valence-electron chi connectivity index (χ1n) is 8.53. The van der Waals surface area contributed by atoms with Crippen LogP contribution in [0.15, 0.2) is 72.8 Å². The monoisotopic (exact) mass is 312 g/mol. The van der Waals surface area contributed by atoms with Gasteiger partial charge in [0.1, 0.15) is 7.05 Å². The van der Waals surface area contributed by atoms with Gasteiger partial charge in [-0.15, -0.1) is 0 Å². The topological polar surface area (TPSA) is 3.88 Å². The number of hydrogen-bond donors (Lipinski definition) is 0. The first kappa shape index (κ1) is 14.9. The van der Waals surface area contributed by atoms with Crippen LogP contribution in [-0.2, 0) is 7.05 Å². The second kappa shape index (κ2) is 5.76. The van der Waals surface area contributed by atoms with Gasteiger partial charge in [0.2, 0.25) is 0 Å². The molecule has 0 radical (unpaired) electrons. The van der Waals surface area contributed by atoms with Crippen molar-refractivity contribution in [1.82, 2.24) is 0 Å². The van der Waals surface area contributed by atoms with Gasteiger partial charge in [0.05, 0.1) is 5.92 Å². The van der Waals surface area contributed by atoms with Gasteiger partial charge in [-0.25, -0.2) is 4.57 Å². The molecule has 0 bridgehead atoms. The summed E-state index contributed by atoms with van der Waals surface area (Å²) < 4.78 is 2.33. The van der Waals surface area contributed by atoms with Gasteiger partial charge in [0.15, 0.2) is 11.4 Å². The summed E-state index contributed by atoms with van der Waals surface area (Å²) in [4.78, 5) is 0. The van der Waals surface area contributed by atoms with E-state index in [2.05, 4.69) is 98.3 Å². The van der Waals surface area contributed by atoms with Crippen molar-refractivity contribution in [3.63, 3.8) is 0 Å². The molecule has 0 aliphatic heterocycles. The van der Waals surface area contributed by atoms with Crippen LogP contribution in [0.5, 0.6) is 0 Å². The standard InChI is InChI=1S/C23H22N/c1-16-14-15-20-21(17(2)23(20)24(16)3)22(18-10-6-4-7-11-18)19-12-8-5-9-13-19/h4-15,17H,1-3H3/q+1/t17-/m0/s1. The summed E-state index contributed by atoms with van der Waals surface area (Å²) in [6.07, 6.45) is 0. The molecular weight excluding hydrogens is 290 g/mol. The van der Waals surface area contributed by atoms with E-state index in [4.69, 9.17) is 0 Å². The maximum Gasteiger partial charge on any atom is 0.196 e. The van der Waals surface area contributed by atoms with Crippen LogP contribution in [0.2, 0.25) is 0 Å². The number of aryl methyl sites for hydroxylation is 1. The summed E-state index contributed by atoms with van der Waals surface area (Å²) >= 11 is 0. The van der Waals surface area contributed by atoms with Crippen molar-refractivity contribution < 1.29 is 4.57 Å². The molecule has 1 atom stereocenters. The van der Waals surface area contributed by atoms with Crippen molar-refractivity contribution in [3.8, 4) is 0 Å². The van der Waals surface area contributed by atoms with Gasteiger partial charge in [-0.1, -0.05) is 60.7 Å². The Bertz CT molecular complexity index is 880. The molecule has 1 aliphatic rings. The molecule has 0 N–H and O–H groups in total. The minimum Gasteiger partial charge on any atom is -0.202 e. The molecule has 0 unspecified atom stereocenters. The molecule has 0 spiro atoms. The van der Waals surface area contributed by atoms with Crippen molar-refractivity contribution >= 4 is 11.1 Å². The Morgan fingerprint density at radius 1 is 0.792 bits per heavy atom. The maximum atomic E-state index is 2.33. The molecule has 1 heterocycles. The fraction of sp³-hybridized carbons (Fsp3) is 0.174. The van der Waals surface area contributed by atoms with Crippen LogP contribution in [0.25, 0.3) is 11.1 Å². The van der Waals surface area contributed by atoms with Gasteiger partial charge in [-0.3, -0.25) is 0 Å². The summed E-state index contributed by atoms with van der Waals surface area (Å²) in [7, 11) is 2.17. The van der Waals surface area contributed by atoms with Gasteiger partial charge in [0.25, 0.3) is 0 Å². The van der Waals surface area contributed by atoms with E-state index in [1.807, 2.05) is 0 Å². The fourth-order valence-electron chi connectivity index (χ4n) is 3.85. The van der Waals surface area contributed by atoms with Crippen LogP contribution in [0, 0.1) is 6.92 Å². The lowest BCUT2D eigenvalue weighted by Gasteiger charge is -2.31. The molecule has 0 saturated carbocycles. The van der Waals surface area contributed by atoms with Crippen molar-refractivity contribution in [2.45, 2.75) is 19.8 Å². The highest BCUT2D eigenvalue weighted by atomic mass is 15.0. The van der Waals surface area contributed by atoms with Crippen LogP contribution in [0.3, 0.4) is 0 Å². The highest BCUT2D eigenvalue weighted by Gasteiger charge is 2.39. The molecule has 0 fully saturated rings. The zero-order valence-corrected chi connectivity index (χ0v) is 14.5. The summed E-state index contributed by atoms with van der Waals surface area (Å²) in [5, 5.41) is 0. The number of rotatable bonds is 2. The van der Waals surface area contributed by atoms with Gasteiger partial charge in [-0.05, 0) is 35.3 Å². The third kappa shape index (κ3) is 2.20. The Kier molecular flexibility index (Phi) is 3.57. The normalized spacial score (nSPS) is 15.6. The van der Waals surface area contributed by atoms with Crippen molar-refractivity contribution in [2.75, 3.05) is 0 Å². The first-order valence-corrected chi connectivity index (χ1v) is 8.53. The molecule has 0 amide bonds. The van der Waals surface area contributed by atoms with E-state index in [9.17, 15) is 0 Å². The Morgan fingerprint density at radius 3 is 1.88 bits per heavy atom.